The predicted molar refractivity (Wildman–Crippen MR) is 112 cm³/mol. The summed E-state index contributed by atoms with van der Waals surface area (Å²) in [5, 5.41) is 1.15. The second-order valence-electron chi connectivity index (χ2n) is 7.95. The van der Waals surface area contributed by atoms with Crippen molar-refractivity contribution in [1.29, 1.82) is 0 Å². The van der Waals surface area contributed by atoms with Crippen molar-refractivity contribution < 1.29 is 0 Å². The first-order valence-electron chi connectivity index (χ1n) is 10.5. The van der Waals surface area contributed by atoms with E-state index in [0.717, 1.165) is 5.16 Å². The van der Waals surface area contributed by atoms with Gasteiger partial charge in [0, 0.05) is 0 Å². The van der Waals surface area contributed by atoms with Crippen molar-refractivity contribution in [3.63, 3.8) is 0 Å². The highest BCUT2D eigenvalue weighted by Gasteiger charge is 2.47. The molecule has 0 aromatic heterocycles. The maximum atomic E-state index is 2.76. The van der Waals surface area contributed by atoms with Gasteiger partial charge >= 0.3 is 0 Å². The molecule has 0 aliphatic rings. The van der Waals surface area contributed by atoms with E-state index in [0.29, 0.717) is 0 Å². The summed E-state index contributed by atoms with van der Waals surface area (Å²) in [5.74, 6) is 0. The minimum atomic E-state index is -1.08. The molecule has 0 bridgehead atoms. The quantitative estimate of drug-likeness (QED) is 0.278. The summed E-state index contributed by atoms with van der Waals surface area (Å²) in [6.07, 6.45) is 8.62. The van der Waals surface area contributed by atoms with Crippen molar-refractivity contribution in [2.75, 3.05) is 0 Å². The average molecular weight is 343 g/mol. The number of rotatable bonds is 14. The van der Waals surface area contributed by atoms with Crippen LogP contribution in [0.4, 0.5) is 0 Å². The lowest BCUT2D eigenvalue weighted by molar-refractivity contribution is 0.844. The normalized spacial score (nSPS) is 13.1. The van der Waals surface area contributed by atoms with E-state index in [1.54, 1.807) is 36.3 Å². The molecule has 134 valence electrons. The lowest BCUT2D eigenvalue weighted by Gasteiger charge is -2.49. The topological polar surface area (TPSA) is 0 Å². The monoisotopic (exact) mass is 342 g/mol. The van der Waals surface area contributed by atoms with Gasteiger partial charge in [0.05, 0.1) is 16.1 Å². The zero-order valence-electron chi connectivity index (χ0n) is 17.1. The van der Waals surface area contributed by atoms with Gasteiger partial charge in [0.1, 0.15) is 0 Å². The third kappa shape index (κ3) is 5.81. The van der Waals surface area contributed by atoms with Crippen molar-refractivity contribution in [1.82, 2.24) is 0 Å². The molecule has 0 saturated carbocycles. The van der Waals surface area contributed by atoms with Crippen LogP contribution >= 0.6 is 0 Å². The van der Waals surface area contributed by atoms with Gasteiger partial charge in [-0.15, -0.1) is 0 Å². The summed E-state index contributed by atoms with van der Waals surface area (Å²) in [7, 11) is -2.17. The number of hydrogen-bond acceptors (Lipinski definition) is 0. The molecular weight excluding hydrogens is 296 g/mol. The van der Waals surface area contributed by atoms with Crippen molar-refractivity contribution >= 4 is 16.1 Å². The maximum Gasteiger partial charge on any atom is 0.0537 e. The third-order valence-corrected chi connectivity index (χ3v) is 22.6. The zero-order valence-corrected chi connectivity index (χ0v) is 19.1. The van der Waals surface area contributed by atoms with Crippen LogP contribution in [-0.4, -0.2) is 16.1 Å². The van der Waals surface area contributed by atoms with E-state index in [9.17, 15) is 0 Å². The Morgan fingerprint density at radius 2 is 0.636 bits per heavy atom. The first-order valence-corrected chi connectivity index (χ1v) is 15.9. The lowest BCUT2D eigenvalue weighted by atomic mass is 10.5. The molecule has 0 aliphatic carbocycles. The van der Waals surface area contributed by atoms with Crippen LogP contribution in [0.25, 0.3) is 0 Å². The standard InChI is InChI=1S/C20H46Si2/c1-8-14-21(15-9-2,16-10-3)20(7)22(17-11-4,18-12-5)19-13-6/h20H,8-19H2,1-7H3. The van der Waals surface area contributed by atoms with E-state index in [2.05, 4.69) is 48.5 Å². The van der Waals surface area contributed by atoms with Crippen LogP contribution < -0.4 is 0 Å². The van der Waals surface area contributed by atoms with Crippen molar-refractivity contribution in [3.8, 4) is 0 Å². The Hall–Kier alpha value is 0.434. The van der Waals surface area contributed by atoms with Crippen LogP contribution in [0.1, 0.15) is 87.0 Å². The fourth-order valence-electron chi connectivity index (χ4n) is 5.69. The molecule has 0 rings (SSSR count). The summed E-state index contributed by atoms with van der Waals surface area (Å²) in [6, 6.07) is 9.68. The second-order valence-corrected chi connectivity index (χ2v) is 18.7. The SMILES string of the molecule is CCC[Si](CCC)(CCC)C(C)[Si](CCC)(CCC)CCC. The number of hydrogen-bond donors (Lipinski definition) is 0. The average Bonchev–Trinajstić information content (AvgIpc) is 2.48. The van der Waals surface area contributed by atoms with Crippen LogP contribution in [0.5, 0.6) is 0 Å². The Labute approximate surface area is 144 Å². The molecule has 0 heterocycles. The first kappa shape index (κ1) is 22.4. The summed E-state index contributed by atoms with van der Waals surface area (Å²) in [5.41, 5.74) is 0. The van der Waals surface area contributed by atoms with Crippen LogP contribution in [-0.2, 0) is 0 Å². The van der Waals surface area contributed by atoms with E-state index in [1.807, 2.05) is 0 Å². The zero-order chi connectivity index (χ0) is 17.1. The van der Waals surface area contributed by atoms with Crippen molar-refractivity contribution in [2.45, 2.75) is 128 Å². The van der Waals surface area contributed by atoms with Crippen LogP contribution in [0, 0.1) is 0 Å². The molecule has 0 aliphatic heterocycles. The Kier molecular flexibility index (Phi) is 12.1. The van der Waals surface area contributed by atoms with Crippen molar-refractivity contribution in [2.24, 2.45) is 0 Å². The second kappa shape index (κ2) is 11.9. The highest BCUT2D eigenvalue weighted by molar-refractivity contribution is 6.99. The maximum absolute atomic E-state index is 2.76. The van der Waals surface area contributed by atoms with Gasteiger partial charge in [-0.05, 0) is 0 Å². The summed E-state index contributed by atoms with van der Waals surface area (Å²) in [4.78, 5) is 0. The molecule has 0 nitrogen and oxygen atoms in total. The molecule has 22 heavy (non-hydrogen) atoms. The molecule has 0 aromatic rings. The minimum Gasteiger partial charge on any atom is -0.0673 e. The molecule has 0 amide bonds. The molecule has 0 radical (unpaired) electrons. The third-order valence-electron chi connectivity index (χ3n) is 6.32. The van der Waals surface area contributed by atoms with E-state index in [4.69, 9.17) is 0 Å². The fourth-order valence-corrected chi connectivity index (χ4v) is 23.6. The van der Waals surface area contributed by atoms with Gasteiger partial charge in [-0.2, -0.15) is 0 Å². The van der Waals surface area contributed by atoms with Gasteiger partial charge in [0.15, 0.2) is 0 Å². The molecule has 0 atom stereocenters. The smallest absolute Gasteiger partial charge is 0.0537 e. The Morgan fingerprint density at radius 1 is 0.455 bits per heavy atom. The summed E-state index contributed by atoms with van der Waals surface area (Å²) >= 11 is 0. The fraction of sp³-hybridized carbons (Fsp3) is 1.00. The van der Waals surface area contributed by atoms with Gasteiger partial charge in [0.25, 0.3) is 0 Å². The molecular formula is C20H46Si2. The van der Waals surface area contributed by atoms with Gasteiger partial charge in [-0.25, -0.2) is 0 Å². The summed E-state index contributed by atoms with van der Waals surface area (Å²) < 4.78 is 0. The minimum absolute atomic E-state index is 1.08. The molecule has 0 saturated heterocycles. The highest BCUT2D eigenvalue weighted by Crippen LogP contribution is 2.48. The van der Waals surface area contributed by atoms with Gasteiger partial charge < -0.3 is 0 Å². The molecule has 0 spiro atoms. The predicted octanol–water partition coefficient (Wildman–Crippen LogP) is 8.27. The Morgan fingerprint density at radius 3 is 0.773 bits per heavy atom. The van der Waals surface area contributed by atoms with E-state index in [-0.39, 0.29) is 0 Å². The lowest BCUT2D eigenvalue weighted by Crippen LogP contribution is -2.53. The van der Waals surface area contributed by atoms with Gasteiger partial charge in [-0.1, -0.05) is 128 Å². The van der Waals surface area contributed by atoms with E-state index >= 15 is 0 Å². The molecule has 0 unspecified atom stereocenters. The van der Waals surface area contributed by atoms with Crippen LogP contribution in [0.2, 0.25) is 41.4 Å². The van der Waals surface area contributed by atoms with E-state index in [1.165, 1.54) is 38.5 Å². The molecule has 0 aromatic carbocycles. The van der Waals surface area contributed by atoms with E-state index < -0.39 is 16.1 Å². The largest absolute Gasteiger partial charge is 0.0673 e. The summed E-state index contributed by atoms with van der Waals surface area (Å²) in [6.45, 7) is 17.4. The van der Waals surface area contributed by atoms with Gasteiger partial charge in [-0.3, -0.25) is 0 Å². The Bertz CT molecular complexity index is 202. The van der Waals surface area contributed by atoms with Crippen molar-refractivity contribution in [3.05, 3.63) is 0 Å². The molecule has 0 N–H and O–H groups in total. The van der Waals surface area contributed by atoms with Crippen LogP contribution in [0.3, 0.4) is 0 Å². The highest BCUT2D eigenvalue weighted by atomic mass is 28.4. The molecule has 0 fully saturated rings. The Balaban J connectivity index is 5.67. The first-order chi connectivity index (χ1) is 10.5. The van der Waals surface area contributed by atoms with Gasteiger partial charge in [0.2, 0.25) is 0 Å². The van der Waals surface area contributed by atoms with Crippen LogP contribution in [0.15, 0.2) is 0 Å². The molecule has 2 heteroatoms.